The Morgan fingerprint density at radius 2 is 2.00 bits per heavy atom. The van der Waals surface area contributed by atoms with E-state index in [1.165, 1.54) is 30.5 Å². The van der Waals surface area contributed by atoms with Crippen molar-refractivity contribution < 1.29 is 22.3 Å². The van der Waals surface area contributed by atoms with Crippen LogP contribution in [0.3, 0.4) is 0 Å². The molecular formula is C33H40F4N6O2. The first kappa shape index (κ1) is 31.3. The molecule has 3 aromatic rings. The second-order valence-electron chi connectivity index (χ2n) is 13.3. The number of aliphatic imine (C=N–C) groups is 1. The van der Waals surface area contributed by atoms with Gasteiger partial charge < -0.3 is 20.3 Å². The largest absolute Gasteiger partial charge is 0.497 e. The fraction of sp³-hybridized carbons (Fsp3) is 0.545. The first-order valence-electron chi connectivity index (χ1n) is 15.6. The number of rotatable bonds is 6. The molecule has 12 heteroatoms. The van der Waals surface area contributed by atoms with Crippen LogP contribution in [0.15, 0.2) is 52.5 Å². The van der Waals surface area contributed by atoms with Crippen molar-refractivity contribution in [2.24, 2.45) is 28.2 Å². The Labute approximate surface area is 259 Å². The number of benzene rings is 2. The summed E-state index contributed by atoms with van der Waals surface area (Å²) in [5, 5.41) is 6.28. The molecule has 4 fully saturated rings. The van der Waals surface area contributed by atoms with E-state index in [1.807, 2.05) is 0 Å². The highest BCUT2D eigenvalue weighted by Gasteiger charge is 2.56. The lowest BCUT2D eigenvalue weighted by molar-refractivity contribution is -0.161. The third-order valence-corrected chi connectivity index (χ3v) is 10.4. The third-order valence-electron chi connectivity index (χ3n) is 10.4. The molecule has 2 aromatic carbocycles. The molecule has 1 aromatic heterocycles. The summed E-state index contributed by atoms with van der Waals surface area (Å²) in [4.78, 5) is 24.5. The second kappa shape index (κ2) is 11.9. The molecule has 4 aliphatic rings. The normalized spacial score (nSPS) is 26.4. The Morgan fingerprint density at radius 1 is 1.20 bits per heavy atom. The Hall–Kier alpha value is -3.67. The molecule has 5 atom stereocenters. The smallest absolute Gasteiger partial charge is 0.405 e. The molecule has 2 N–H and O–H groups in total. The van der Waals surface area contributed by atoms with Crippen molar-refractivity contribution in [1.29, 1.82) is 0 Å². The number of guanidine groups is 1. The number of ether oxygens (including phenoxy) is 1. The van der Waals surface area contributed by atoms with Crippen LogP contribution >= 0.6 is 0 Å². The summed E-state index contributed by atoms with van der Waals surface area (Å²) in [5.41, 5.74) is 1.49. The van der Waals surface area contributed by atoms with Crippen molar-refractivity contribution in [2.75, 3.05) is 32.1 Å². The summed E-state index contributed by atoms with van der Waals surface area (Å²) in [6.07, 6.45) is -0.559. The van der Waals surface area contributed by atoms with Gasteiger partial charge in [0.15, 0.2) is 5.96 Å². The van der Waals surface area contributed by atoms with E-state index in [1.54, 1.807) is 35.2 Å². The number of methoxy groups -OCH3 is 1. The van der Waals surface area contributed by atoms with Gasteiger partial charge in [-0.05, 0) is 72.3 Å². The lowest BCUT2D eigenvalue weighted by Crippen LogP contribution is -2.60. The molecule has 3 aliphatic carbocycles. The Balaban J connectivity index is 1.24. The molecule has 45 heavy (non-hydrogen) atoms. The van der Waals surface area contributed by atoms with Gasteiger partial charge >= 0.3 is 6.18 Å². The molecule has 0 radical (unpaired) electrons. The molecule has 2 bridgehead atoms. The highest BCUT2D eigenvalue weighted by atomic mass is 19.4. The van der Waals surface area contributed by atoms with E-state index in [4.69, 9.17) is 9.73 Å². The predicted octanol–water partition coefficient (Wildman–Crippen LogP) is 5.46. The van der Waals surface area contributed by atoms with Crippen molar-refractivity contribution in [3.8, 4) is 5.75 Å². The molecule has 1 saturated heterocycles. The van der Waals surface area contributed by atoms with Gasteiger partial charge in [0.25, 0.3) is 5.56 Å². The highest BCUT2D eigenvalue weighted by molar-refractivity contribution is 5.96. The van der Waals surface area contributed by atoms with Gasteiger partial charge in [-0.3, -0.25) is 9.36 Å². The zero-order chi connectivity index (χ0) is 32.1. The number of nitrogens with zero attached hydrogens (tertiary/aromatic N) is 4. The van der Waals surface area contributed by atoms with Crippen LogP contribution in [0.4, 0.5) is 23.2 Å². The SMILES string of the molecule is COc1ccc(CCn2cnc3cc(NC(=N[C@H]4C[C@H]5C[C@H]([C@@H]4C)C5(C)C)N4CCN[C@@H](C(F)(F)F)C4)ccc3c2=O)c(F)c1. The van der Waals surface area contributed by atoms with Crippen LogP contribution in [0, 0.1) is 29.0 Å². The molecule has 7 rings (SSSR count). The lowest BCUT2D eigenvalue weighted by atomic mass is 9.45. The number of nitrogens with one attached hydrogen (secondary N) is 2. The number of piperazine rings is 1. The van der Waals surface area contributed by atoms with E-state index in [0.717, 1.165) is 6.42 Å². The summed E-state index contributed by atoms with van der Waals surface area (Å²) in [6, 6.07) is 8.07. The number of alkyl halides is 3. The van der Waals surface area contributed by atoms with E-state index in [0.29, 0.717) is 64.6 Å². The van der Waals surface area contributed by atoms with Crippen LogP contribution in [-0.4, -0.2) is 65.4 Å². The molecule has 0 spiro atoms. The quantitative estimate of drug-likeness (QED) is 0.214. The average molecular weight is 629 g/mol. The Morgan fingerprint density at radius 3 is 2.69 bits per heavy atom. The summed E-state index contributed by atoms with van der Waals surface area (Å²) in [7, 11) is 1.47. The maximum atomic E-state index is 14.4. The van der Waals surface area contributed by atoms with Crippen LogP contribution in [-0.2, 0) is 13.0 Å². The lowest BCUT2D eigenvalue weighted by Gasteiger charge is -2.61. The number of fused-ring (bicyclic) bond motifs is 3. The first-order chi connectivity index (χ1) is 21.3. The second-order valence-corrected chi connectivity index (χ2v) is 13.3. The predicted molar refractivity (Wildman–Crippen MR) is 166 cm³/mol. The van der Waals surface area contributed by atoms with Crippen LogP contribution < -0.4 is 20.9 Å². The zero-order valence-corrected chi connectivity index (χ0v) is 26.0. The van der Waals surface area contributed by atoms with Crippen LogP contribution in [0.2, 0.25) is 0 Å². The van der Waals surface area contributed by atoms with E-state index in [9.17, 15) is 22.4 Å². The van der Waals surface area contributed by atoms with Crippen LogP contribution in [0.5, 0.6) is 5.75 Å². The van der Waals surface area contributed by atoms with Crippen molar-refractivity contribution in [1.82, 2.24) is 19.8 Å². The Kier molecular flexibility index (Phi) is 8.30. The summed E-state index contributed by atoms with van der Waals surface area (Å²) >= 11 is 0. The monoisotopic (exact) mass is 628 g/mol. The molecule has 2 heterocycles. The number of aryl methyl sites for hydroxylation is 2. The zero-order valence-electron chi connectivity index (χ0n) is 26.0. The standard InChI is InChI=1S/C33H40F4N6O2/c1-19-25-13-21(32(25,2)3)14-27(19)41-31(42-12-10-38-29(17-42)33(35,36)37)40-22-6-8-24-28(15-22)39-18-43(30(24)44)11-9-20-5-7-23(45-4)16-26(20)34/h5-8,15-16,18-19,21,25,27,29,38H,9-14,17H2,1-4H3,(H,40,41)/t19-,21+,25+,27-,29+/m0/s1. The number of hydrogen-bond acceptors (Lipinski definition) is 5. The van der Waals surface area contributed by atoms with E-state index in [2.05, 4.69) is 36.4 Å². The number of hydrogen-bond donors (Lipinski definition) is 2. The van der Waals surface area contributed by atoms with Gasteiger partial charge in [0.05, 0.1) is 30.4 Å². The van der Waals surface area contributed by atoms with Crippen molar-refractivity contribution in [3.05, 3.63) is 64.5 Å². The molecule has 3 saturated carbocycles. The van der Waals surface area contributed by atoms with Crippen molar-refractivity contribution in [2.45, 2.75) is 64.8 Å². The number of halogens is 4. The van der Waals surface area contributed by atoms with Gasteiger partial charge in [-0.25, -0.2) is 14.4 Å². The van der Waals surface area contributed by atoms with Gasteiger partial charge in [-0.15, -0.1) is 0 Å². The van der Waals surface area contributed by atoms with Crippen molar-refractivity contribution >= 4 is 22.5 Å². The molecule has 0 amide bonds. The van der Waals surface area contributed by atoms with E-state index >= 15 is 0 Å². The topological polar surface area (TPSA) is 83.8 Å². The highest BCUT2D eigenvalue weighted by Crippen LogP contribution is 2.61. The maximum absolute atomic E-state index is 14.4. The number of anilines is 1. The molecule has 8 nitrogen and oxygen atoms in total. The minimum Gasteiger partial charge on any atom is -0.497 e. The molecule has 242 valence electrons. The van der Waals surface area contributed by atoms with E-state index in [-0.39, 0.29) is 36.7 Å². The minimum atomic E-state index is -4.38. The van der Waals surface area contributed by atoms with Crippen LogP contribution in [0.25, 0.3) is 10.9 Å². The van der Waals surface area contributed by atoms with Gasteiger partial charge in [0.2, 0.25) is 0 Å². The fourth-order valence-corrected chi connectivity index (χ4v) is 7.43. The minimum absolute atomic E-state index is 0.00446. The fourth-order valence-electron chi connectivity index (χ4n) is 7.43. The van der Waals surface area contributed by atoms with Gasteiger partial charge in [-0.2, -0.15) is 13.2 Å². The molecular weight excluding hydrogens is 588 g/mol. The average Bonchev–Trinajstić information content (AvgIpc) is 3.01. The maximum Gasteiger partial charge on any atom is 0.405 e. The summed E-state index contributed by atoms with van der Waals surface area (Å²) in [6.45, 7) is 7.37. The molecule has 1 aliphatic heterocycles. The van der Waals surface area contributed by atoms with Gasteiger partial charge in [0, 0.05) is 37.9 Å². The molecule has 0 unspecified atom stereocenters. The van der Waals surface area contributed by atoms with Gasteiger partial charge in [0.1, 0.15) is 17.6 Å². The number of aromatic nitrogens is 2. The van der Waals surface area contributed by atoms with Gasteiger partial charge in [-0.1, -0.05) is 26.8 Å². The summed E-state index contributed by atoms with van der Waals surface area (Å²) < 4.78 is 62.0. The van der Waals surface area contributed by atoms with Crippen LogP contribution in [0.1, 0.15) is 39.2 Å². The van der Waals surface area contributed by atoms with E-state index < -0.39 is 18.0 Å². The summed E-state index contributed by atoms with van der Waals surface area (Å²) in [5.74, 6) is 1.82. The third kappa shape index (κ3) is 6.13. The van der Waals surface area contributed by atoms with Crippen molar-refractivity contribution in [3.63, 3.8) is 0 Å². The Bertz CT molecular complexity index is 1650. The first-order valence-corrected chi connectivity index (χ1v) is 15.6.